The van der Waals surface area contributed by atoms with Gasteiger partial charge < -0.3 is 14.7 Å². The number of carbonyl (C=O) groups excluding carboxylic acids is 2. The molecule has 2 heterocycles. The number of thioether (sulfide) groups is 1. The molecule has 24 heavy (non-hydrogen) atoms. The zero-order valence-electron chi connectivity index (χ0n) is 14.0. The summed E-state index contributed by atoms with van der Waals surface area (Å²) in [6.45, 7) is 5.24. The number of nitrogens with one attached hydrogen (secondary N) is 1. The Morgan fingerprint density at radius 1 is 1.33 bits per heavy atom. The summed E-state index contributed by atoms with van der Waals surface area (Å²) in [7, 11) is 2.14. The average Bonchev–Trinajstić information content (AvgIpc) is 2.96. The van der Waals surface area contributed by atoms with Gasteiger partial charge in [0.15, 0.2) is 0 Å². The normalized spacial score (nSPS) is 23.6. The summed E-state index contributed by atoms with van der Waals surface area (Å²) in [5, 5.41) is 0.445. The zero-order chi connectivity index (χ0) is 17.3. The first-order valence-electron chi connectivity index (χ1n) is 8.26. The summed E-state index contributed by atoms with van der Waals surface area (Å²) >= 11 is 7.85. The summed E-state index contributed by atoms with van der Waals surface area (Å²) in [6.07, 6.45) is 0. The van der Waals surface area contributed by atoms with E-state index < -0.39 is 6.04 Å². The molecule has 1 N–H and O–H groups in total. The number of quaternary nitrogens is 1. The van der Waals surface area contributed by atoms with E-state index in [2.05, 4.69) is 7.05 Å². The van der Waals surface area contributed by atoms with Crippen LogP contribution in [0.1, 0.15) is 17.9 Å². The predicted molar refractivity (Wildman–Crippen MR) is 96.2 cm³/mol. The third kappa shape index (κ3) is 3.41. The lowest BCUT2D eigenvalue weighted by atomic mass is 10.1. The number of rotatable bonds is 3. The highest BCUT2D eigenvalue weighted by Crippen LogP contribution is 2.42. The largest absolute Gasteiger partial charge is 0.334 e. The predicted octanol–water partition coefficient (Wildman–Crippen LogP) is 0.659. The number of hydrogen-bond donors (Lipinski definition) is 1. The van der Waals surface area contributed by atoms with Gasteiger partial charge in [-0.15, -0.1) is 11.8 Å². The minimum absolute atomic E-state index is 0.00511. The van der Waals surface area contributed by atoms with Crippen LogP contribution in [0.5, 0.6) is 0 Å². The first-order valence-corrected chi connectivity index (χ1v) is 9.69. The lowest BCUT2D eigenvalue weighted by molar-refractivity contribution is -0.883. The van der Waals surface area contributed by atoms with E-state index in [-0.39, 0.29) is 17.2 Å². The van der Waals surface area contributed by atoms with Gasteiger partial charge in [-0.25, -0.2) is 0 Å². The highest BCUT2D eigenvalue weighted by Gasteiger charge is 2.41. The Bertz CT molecular complexity index is 634. The van der Waals surface area contributed by atoms with Crippen molar-refractivity contribution < 1.29 is 14.5 Å². The number of carbonyl (C=O) groups is 2. The summed E-state index contributed by atoms with van der Waals surface area (Å²) in [5.41, 5.74) is 0.900. The number of hydrogen-bond acceptors (Lipinski definition) is 3. The Balaban J connectivity index is 1.79. The maximum Gasteiger partial charge on any atom is 0.245 e. The molecule has 0 saturated carbocycles. The fourth-order valence-corrected chi connectivity index (χ4v) is 4.86. The number of halogens is 1. The van der Waals surface area contributed by atoms with E-state index in [1.807, 2.05) is 36.1 Å². The van der Waals surface area contributed by atoms with Gasteiger partial charge in [-0.3, -0.25) is 9.59 Å². The maximum absolute atomic E-state index is 12.9. The van der Waals surface area contributed by atoms with Crippen molar-refractivity contribution in [1.29, 1.82) is 0 Å². The van der Waals surface area contributed by atoms with Gasteiger partial charge in [0.05, 0.1) is 39.0 Å². The molecular weight excluding hydrogens is 346 g/mol. The second-order valence-corrected chi connectivity index (χ2v) is 7.92. The molecule has 3 rings (SSSR count). The molecule has 2 aliphatic rings. The van der Waals surface area contributed by atoms with Crippen LogP contribution in [0, 0.1) is 0 Å². The molecule has 0 aliphatic carbocycles. The van der Waals surface area contributed by atoms with E-state index in [0.29, 0.717) is 10.8 Å². The van der Waals surface area contributed by atoms with E-state index >= 15 is 0 Å². The Hall–Kier alpha value is -1.24. The summed E-state index contributed by atoms with van der Waals surface area (Å²) in [5.74, 6) is 0.432. The number of benzene rings is 1. The minimum atomic E-state index is -0.466. The van der Waals surface area contributed by atoms with Gasteiger partial charge in [0, 0.05) is 10.6 Å². The first-order chi connectivity index (χ1) is 11.5. The quantitative estimate of drug-likeness (QED) is 0.852. The highest BCUT2D eigenvalue weighted by molar-refractivity contribution is 8.00. The molecule has 0 aromatic heterocycles. The molecule has 0 spiro atoms. The molecule has 7 heteroatoms. The van der Waals surface area contributed by atoms with Gasteiger partial charge in [-0.1, -0.05) is 29.8 Å². The van der Waals surface area contributed by atoms with Crippen LogP contribution in [-0.2, 0) is 9.59 Å². The van der Waals surface area contributed by atoms with Crippen molar-refractivity contribution >= 4 is 35.2 Å². The lowest BCUT2D eigenvalue weighted by Gasteiger charge is -2.36. The molecule has 2 aliphatic heterocycles. The molecular formula is C17H23ClN3O2S+. The van der Waals surface area contributed by atoms with Crippen molar-refractivity contribution in [2.24, 2.45) is 0 Å². The van der Waals surface area contributed by atoms with Gasteiger partial charge in [-0.05, 0) is 13.0 Å². The van der Waals surface area contributed by atoms with Crippen LogP contribution in [0.3, 0.4) is 0 Å². The van der Waals surface area contributed by atoms with E-state index in [9.17, 15) is 9.59 Å². The smallest absolute Gasteiger partial charge is 0.245 e. The number of piperazine rings is 1. The van der Waals surface area contributed by atoms with Crippen molar-refractivity contribution in [3.05, 3.63) is 34.9 Å². The van der Waals surface area contributed by atoms with Crippen LogP contribution < -0.4 is 4.90 Å². The molecule has 2 saturated heterocycles. The molecule has 0 bridgehead atoms. The molecule has 2 fully saturated rings. The molecule has 1 aromatic carbocycles. The monoisotopic (exact) mass is 368 g/mol. The summed E-state index contributed by atoms with van der Waals surface area (Å²) in [6, 6.07) is 7.08. The zero-order valence-corrected chi connectivity index (χ0v) is 15.6. The minimum Gasteiger partial charge on any atom is -0.334 e. The molecule has 5 nitrogen and oxygen atoms in total. The van der Waals surface area contributed by atoms with Crippen LogP contribution in [0.4, 0.5) is 0 Å². The van der Waals surface area contributed by atoms with Gasteiger partial charge >= 0.3 is 0 Å². The topological polar surface area (TPSA) is 45.1 Å². The second-order valence-electron chi connectivity index (χ2n) is 6.44. The van der Waals surface area contributed by atoms with Crippen molar-refractivity contribution in [2.45, 2.75) is 18.3 Å². The summed E-state index contributed by atoms with van der Waals surface area (Å²) < 4.78 is 0. The number of likely N-dealkylation sites (N-methyl/N-ethyl adjacent to an activating group) is 1. The molecule has 130 valence electrons. The molecule has 2 atom stereocenters. The van der Waals surface area contributed by atoms with Crippen LogP contribution in [0.25, 0.3) is 0 Å². The van der Waals surface area contributed by atoms with Crippen molar-refractivity contribution in [3.8, 4) is 0 Å². The van der Waals surface area contributed by atoms with Crippen LogP contribution in [0.2, 0.25) is 5.02 Å². The molecule has 2 amide bonds. The Kier molecular flexibility index (Phi) is 5.37. The third-order valence-electron chi connectivity index (χ3n) is 4.78. The Morgan fingerprint density at radius 3 is 2.67 bits per heavy atom. The fourth-order valence-electron chi connectivity index (χ4n) is 3.26. The van der Waals surface area contributed by atoms with Crippen LogP contribution in [-0.4, -0.2) is 66.6 Å². The van der Waals surface area contributed by atoms with Gasteiger partial charge in [0.1, 0.15) is 11.4 Å². The van der Waals surface area contributed by atoms with E-state index in [0.717, 1.165) is 31.7 Å². The number of nitrogens with zero attached hydrogens (tertiary/aromatic N) is 2. The van der Waals surface area contributed by atoms with Gasteiger partial charge in [0.2, 0.25) is 11.8 Å². The average molecular weight is 369 g/mol. The molecule has 0 radical (unpaired) electrons. The van der Waals surface area contributed by atoms with E-state index in [1.165, 1.54) is 16.7 Å². The third-order valence-corrected chi connectivity index (χ3v) is 6.33. The van der Waals surface area contributed by atoms with E-state index in [1.54, 1.807) is 4.90 Å². The lowest BCUT2D eigenvalue weighted by Crippen LogP contribution is -3.12. The fraction of sp³-hybridized carbons (Fsp3) is 0.529. The van der Waals surface area contributed by atoms with Crippen molar-refractivity contribution in [1.82, 2.24) is 9.80 Å². The number of amides is 2. The standard InChI is InChI=1S/C17H22ClN3O2S/c1-12(16(23)20-9-7-19(2)8-10-20)21-15(22)11-24-17(21)13-5-3-4-6-14(13)18/h3-6,12,17H,7-11H2,1-2H3/p+1/t12-,17-/m1/s1. The van der Waals surface area contributed by atoms with E-state index in [4.69, 9.17) is 11.6 Å². The van der Waals surface area contributed by atoms with Crippen molar-refractivity contribution in [3.63, 3.8) is 0 Å². The maximum atomic E-state index is 12.9. The molecule has 1 aromatic rings. The second kappa shape index (κ2) is 7.33. The van der Waals surface area contributed by atoms with Crippen LogP contribution in [0.15, 0.2) is 24.3 Å². The van der Waals surface area contributed by atoms with Gasteiger partial charge in [0.25, 0.3) is 0 Å². The SMILES string of the molecule is C[C@H](C(=O)N1CC[NH+](C)CC1)N1C(=O)CS[C@@H]1c1ccccc1Cl. The molecule has 0 unspecified atom stereocenters. The summed E-state index contributed by atoms with van der Waals surface area (Å²) in [4.78, 5) is 30.3. The first kappa shape index (κ1) is 17.6. The highest BCUT2D eigenvalue weighted by atomic mass is 35.5. The Morgan fingerprint density at radius 2 is 2.00 bits per heavy atom. The van der Waals surface area contributed by atoms with Gasteiger partial charge in [-0.2, -0.15) is 0 Å². The van der Waals surface area contributed by atoms with Crippen LogP contribution >= 0.6 is 23.4 Å². The van der Waals surface area contributed by atoms with Crippen molar-refractivity contribution in [2.75, 3.05) is 39.0 Å². The Labute approximate surface area is 151 Å².